The van der Waals surface area contributed by atoms with E-state index in [0.29, 0.717) is 28.4 Å². The molecule has 176 valence electrons. The molecule has 0 spiro atoms. The van der Waals surface area contributed by atoms with Crippen molar-refractivity contribution in [2.24, 2.45) is 5.92 Å². The van der Waals surface area contributed by atoms with Crippen LogP contribution in [0.4, 0.5) is 16.2 Å². The Morgan fingerprint density at radius 2 is 1.58 bits per heavy atom. The Hall–Kier alpha value is -3.75. The zero-order chi connectivity index (χ0) is 23.6. The van der Waals surface area contributed by atoms with Gasteiger partial charge in [0.2, 0.25) is 5.91 Å². The van der Waals surface area contributed by atoms with E-state index in [1.54, 1.807) is 42.5 Å². The fourth-order valence-electron chi connectivity index (χ4n) is 3.74. The highest BCUT2D eigenvalue weighted by molar-refractivity contribution is 5.96. The van der Waals surface area contributed by atoms with Crippen LogP contribution in [0.25, 0.3) is 0 Å². The second-order valence-corrected chi connectivity index (χ2v) is 7.73. The molecular formula is C24H30N4O5. The highest BCUT2D eigenvalue weighted by atomic mass is 16.5. The number of methoxy groups -OCH3 is 2. The Bertz CT molecular complexity index is 971. The Balaban J connectivity index is 1.40. The van der Waals surface area contributed by atoms with Crippen LogP contribution in [0.3, 0.4) is 0 Å². The Kier molecular flexibility index (Phi) is 8.51. The molecule has 0 bridgehead atoms. The maximum atomic E-state index is 12.3. The smallest absolute Gasteiger partial charge is 0.319 e. The molecule has 9 nitrogen and oxygen atoms in total. The largest absolute Gasteiger partial charge is 0.493 e. The third kappa shape index (κ3) is 6.61. The molecule has 0 heterocycles. The molecule has 9 heteroatoms. The summed E-state index contributed by atoms with van der Waals surface area (Å²) in [6, 6.07) is 11.5. The van der Waals surface area contributed by atoms with E-state index in [2.05, 4.69) is 21.3 Å². The minimum atomic E-state index is -0.432. The van der Waals surface area contributed by atoms with Crippen LogP contribution < -0.4 is 30.7 Å². The van der Waals surface area contributed by atoms with Crippen LogP contribution in [-0.4, -0.2) is 45.2 Å². The molecule has 0 aliphatic heterocycles. The molecule has 0 aromatic heterocycles. The summed E-state index contributed by atoms with van der Waals surface area (Å²) in [7, 11) is 3.01. The van der Waals surface area contributed by atoms with Gasteiger partial charge in [-0.15, -0.1) is 0 Å². The molecule has 1 aliphatic carbocycles. The SMILES string of the molecule is COc1cccc(NC(=O)NCCNC(=O)c2ccc(NC(=O)C3CCCC3)cc2)c1OC. The molecule has 2 aromatic carbocycles. The highest BCUT2D eigenvalue weighted by Crippen LogP contribution is 2.34. The first kappa shape index (κ1) is 23.9. The predicted molar refractivity (Wildman–Crippen MR) is 126 cm³/mol. The molecule has 33 heavy (non-hydrogen) atoms. The van der Waals surface area contributed by atoms with Crippen LogP contribution in [0, 0.1) is 5.92 Å². The first-order chi connectivity index (χ1) is 16.0. The number of para-hydroxylation sites is 1. The molecule has 1 saturated carbocycles. The summed E-state index contributed by atoms with van der Waals surface area (Å²) in [5.74, 6) is 0.793. The minimum absolute atomic E-state index is 0.0422. The lowest BCUT2D eigenvalue weighted by Crippen LogP contribution is -2.36. The number of anilines is 2. The maximum Gasteiger partial charge on any atom is 0.319 e. The van der Waals surface area contributed by atoms with E-state index in [0.717, 1.165) is 25.7 Å². The van der Waals surface area contributed by atoms with Crippen molar-refractivity contribution in [3.8, 4) is 11.5 Å². The number of nitrogens with one attached hydrogen (secondary N) is 4. The van der Waals surface area contributed by atoms with Crippen LogP contribution >= 0.6 is 0 Å². The average molecular weight is 455 g/mol. The normalized spacial score (nSPS) is 13.2. The van der Waals surface area contributed by atoms with Crippen LogP contribution in [0.2, 0.25) is 0 Å². The van der Waals surface area contributed by atoms with Crippen LogP contribution in [0.15, 0.2) is 42.5 Å². The van der Waals surface area contributed by atoms with Crippen molar-refractivity contribution < 1.29 is 23.9 Å². The Labute approximate surface area is 193 Å². The number of urea groups is 1. The summed E-state index contributed by atoms with van der Waals surface area (Å²) in [6.45, 7) is 0.487. The second kappa shape index (κ2) is 11.8. The number of hydrogen-bond donors (Lipinski definition) is 4. The topological polar surface area (TPSA) is 118 Å². The number of hydrogen-bond acceptors (Lipinski definition) is 5. The fraction of sp³-hybridized carbons (Fsp3) is 0.375. The molecule has 0 atom stereocenters. The lowest BCUT2D eigenvalue weighted by atomic mass is 10.1. The van der Waals surface area contributed by atoms with Gasteiger partial charge in [-0.05, 0) is 49.2 Å². The number of ether oxygens (including phenoxy) is 2. The van der Waals surface area contributed by atoms with Crippen molar-refractivity contribution in [1.29, 1.82) is 0 Å². The Morgan fingerprint density at radius 3 is 2.24 bits per heavy atom. The van der Waals surface area contributed by atoms with Gasteiger partial charge >= 0.3 is 6.03 Å². The van der Waals surface area contributed by atoms with Crippen molar-refractivity contribution in [1.82, 2.24) is 10.6 Å². The van der Waals surface area contributed by atoms with Crippen molar-refractivity contribution in [2.75, 3.05) is 37.9 Å². The zero-order valence-corrected chi connectivity index (χ0v) is 18.9. The lowest BCUT2D eigenvalue weighted by Gasteiger charge is -2.14. The summed E-state index contributed by atoms with van der Waals surface area (Å²) in [6.07, 6.45) is 4.07. The molecule has 0 saturated heterocycles. The molecule has 4 N–H and O–H groups in total. The summed E-state index contributed by atoms with van der Waals surface area (Å²) in [4.78, 5) is 36.7. The van der Waals surface area contributed by atoms with E-state index in [4.69, 9.17) is 9.47 Å². The van der Waals surface area contributed by atoms with Crippen LogP contribution in [0.5, 0.6) is 11.5 Å². The van der Waals surface area contributed by atoms with Crippen LogP contribution in [-0.2, 0) is 4.79 Å². The number of amides is 4. The summed E-state index contributed by atoms with van der Waals surface area (Å²) < 4.78 is 10.5. The summed E-state index contributed by atoms with van der Waals surface area (Å²) >= 11 is 0. The van der Waals surface area contributed by atoms with Gasteiger partial charge in [-0.2, -0.15) is 0 Å². The van der Waals surface area contributed by atoms with Gasteiger partial charge in [0.1, 0.15) is 0 Å². The van der Waals surface area contributed by atoms with Crippen molar-refractivity contribution in [3.63, 3.8) is 0 Å². The summed E-state index contributed by atoms with van der Waals surface area (Å²) in [5, 5.41) is 11.0. The average Bonchev–Trinajstić information content (AvgIpc) is 3.37. The van der Waals surface area contributed by atoms with Gasteiger partial charge in [0.05, 0.1) is 19.9 Å². The van der Waals surface area contributed by atoms with Crippen molar-refractivity contribution >= 4 is 29.2 Å². The molecule has 1 aliphatic rings. The molecule has 0 radical (unpaired) electrons. The fourth-order valence-corrected chi connectivity index (χ4v) is 3.74. The van der Waals surface area contributed by atoms with E-state index in [1.165, 1.54) is 14.2 Å². The first-order valence-electron chi connectivity index (χ1n) is 11.0. The highest BCUT2D eigenvalue weighted by Gasteiger charge is 2.22. The molecule has 2 aromatic rings. The molecular weight excluding hydrogens is 424 g/mol. The van der Waals surface area contributed by atoms with Gasteiger partial charge in [-0.1, -0.05) is 18.9 Å². The second-order valence-electron chi connectivity index (χ2n) is 7.73. The lowest BCUT2D eigenvalue weighted by molar-refractivity contribution is -0.119. The van der Waals surface area contributed by atoms with Crippen molar-refractivity contribution in [2.45, 2.75) is 25.7 Å². The summed E-state index contributed by atoms with van der Waals surface area (Å²) in [5.41, 5.74) is 1.62. The maximum absolute atomic E-state index is 12.3. The first-order valence-corrected chi connectivity index (χ1v) is 11.0. The van der Waals surface area contributed by atoms with Gasteiger partial charge in [-0.3, -0.25) is 9.59 Å². The minimum Gasteiger partial charge on any atom is -0.493 e. The Morgan fingerprint density at radius 1 is 0.879 bits per heavy atom. The van der Waals surface area contributed by atoms with Crippen molar-refractivity contribution in [3.05, 3.63) is 48.0 Å². The molecule has 1 fully saturated rings. The van der Waals surface area contributed by atoms with Gasteiger partial charge in [0.15, 0.2) is 11.5 Å². The number of carbonyl (C=O) groups excluding carboxylic acids is 3. The predicted octanol–water partition coefficient (Wildman–Crippen LogP) is 3.38. The van der Waals surface area contributed by atoms with E-state index in [1.807, 2.05) is 0 Å². The number of benzene rings is 2. The van der Waals surface area contributed by atoms with E-state index in [-0.39, 0.29) is 30.8 Å². The van der Waals surface area contributed by atoms with E-state index >= 15 is 0 Å². The monoisotopic (exact) mass is 454 g/mol. The third-order valence-corrected chi connectivity index (χ3v) is 5.49. The third-order valence-electron chi connectivity index (χ3n) is 5.49. The quantitative estimate of drug-likeness (QED) is 0.433. The van der Waals surface area contributed by atoms with Gasteiger partial charge in [0, 0.05) is 30.3 Å². The molecule has 3 rings (SSSR count). The standard InChI is InChI=1S/C24H30N4O5/c1-32-20-9-5-8-19(21(20)33-2)28-24(31)26-15-14-25-22(29)17-10-12-18(13-11-17)27-23(30)16-6-3-4-7-16/h5,8-13,16H,3-4,6-7,14-15H2,1-2H3,(H,25,29)(H,27,30)(H2,26,28,31). The zero-order valence-electron chi connectivity index (χ0n) is 18.9. The van der Waals surface area contributed by atoms with Gasteiger partial charge in [0.25, 0.3) is 5.91 Å². The molecule has 0 unspecified atom stereocenters. The van der Waals surface area contributed by atoms with Gasteiger partial charge < -0.3 is 30.7 Å². The van der Waals surface area contributed by atoms with Gasteiger partial charge in [-0.25, -0.2) is 4.79 Å². The van der Waals surface area contributed by atoms with E-state index < -0.39 is 6.03 Å². The number of carbonyl (C=O) groups is 3. The van der Waals surface area contributed by atoms with E-state index in [9.17, 15) is 14.4 Å². The molecule has 4 amide bonds. The number of rotatable bonds is 9. The van der Waals surface area contributed by atoms with Crippen LogP contribution in [0.1, 0.15) is 36.0 Å².